The maximum Gasteiger partial charge on any atom is 0.338 e. The van der Waals surface area contributed by atoms with E-state index in [0.29, 0.717) is 29.6 Å². The van der Waals surface area contributed by atoms with E-state index >= 15 is 0 Å². The van der Waals surface area contributed by atoms with Crippen LogP contribution in [0.2, 0.25) is 5.02 Å². The Morgan fingerprint density at radius 2 is 1.86 bits per heavy atom. The third-order valence-corrected chi connectivity index (χ3v) is 5.95. The zero-order valence-corrected chi connectivity index (χ0v) is 18.2. The van der Waals surface area contributed by atoms with Gasteiger partial charge in [-0.3, -0.25) is 9.80 Å². The van der Waals surface area contributed by atoms with Crippen LogP contribution in [0.3, 0.4) is 0 Å². The quantitative estimate of drug-likeness (QED) is 0.708. The minimum absolute atomic E-state index is 0.194. The fraction of sp³-hybridized carbons (Fsp3) is 0.545. The smallest absolute Gasteiger partial charge is 0.338 e. The van der Waals surface area contributed by atoms with Crippen LogP contribution in [0.15, 0.2) is 35.5 Å². The highest BCUT2D eigenvalue weighted by Crippen LogP contribution is 2.33. The molecule has 0 saturated carbocycles. The molecular formula is C22H30ClN3O3. The average Bonchev–Trinajstić information content (AvgIpc) is 2.70. The molecule has 0 aliphatic carbocycles. The number of hydrogen-bond donors (Lipinski definition) is 1. The number of likely N-dealkylation sites (N-methyl/N-ethyl adjacent to an activating group) is 1. The normalized spacial score (nSPS) is 21.3. The Balaban J connectivity index is 2.04. The second kappa shape index (κ2) is 9.63. The molecule has 1 fully saturated rings. The number of amides is 2. The summed E-state index contributed by atoms with van der Waals surface area (Å²) in [5.41, 5.74) is 2.06. The third-order valence-electron chi connectivity index (χ3n) is 5.70. The van der Waals surface area contributed by atoms with Crippen LogP contribution in [0.25, 0.3) is 0 Å². The molecule has 0 spiro atoms. The van der Waals surface area contributed by atoms with E-state index in [0.717, 1.165) is 37.2 Å². The molecule has 0 aromatic heterocycles. The van der Waals surface area contributed by atoms with Crippen LogP contribution in [0.5, 0.6) is 0 Å². The summed E-state index contributed by atoms with van der Waals surface area (Å²) in [4.78, 5) is 29.9. The molecule has 0 radical (unpaired) electrons. The van der Waals surface area contributed by atoms with Crippen molar-refractivity contribution in [2.75, 3.05) is 32.8 Å². The molecule has 0 unspecified atom stereocenters. The number of nitrogens with zero attached hydrogens (tertiary/aromatic N) is 2. The SMILES string of the molecule is CCOC(=O)C1=C(CN2CCC(C)CC2)N(CC)C(=O)N[C@H]1c1ccc(Cl)cc1. The number of carbonyl (C=O) groups excluding carboxylic acids is 2. The van der Waals surface area contributed by atoms with Gasteiger partial charge >= 0.3 is 12.0 Å². The Morgan fingerprint density at radius 3 is 2.45 bits per heavy atom. The second-order valence-corrected chi connectivity index (χ2v) is 8.15. The first-order valence-electron chi connectivity index (χ1n) is 10.4. The van der Waals surface area contributed by atoms with Crippen molar-refractivity contribution in [2.45, 2.75) is 39.7 Å². The van der Waals surface area contributed by atoms with Gasteiger partial charge in [0.05, 0.1) is 18.2 Å². The molecule has 1 aromatic carbocycles. The van der Waals surface area contributed by atoms with Crippen molar-refractivity contribution in [3.8, 4) is 0 Å². The molecule has 2 amide bonds. The van der Waals surface area contributed by atoms with Gasteiger partial charge in [0, 0.05) is 23.8 Å². The molecule has 6 nitrogen and oxygen atoms in total. The number of likely N-dealkylation sites (tertiary alicyclic amines) is 1. The third kappa shape index (κ3) is 4.93. The Labute approximate surface area is 177 Å². The van der Waals surface area contributed by atoms with Crippen molar-refractivity contribution < 1.29 is 14.3 Å². The van der Waals surface area contributed by atoms with E-state index in [4.69, 9.17) is 16.3 Å². The van der Waals surface area contributed by atoms with E-state index in [1.165, 1.54) is 0 Å². The van der Waals surface area contributed by atoms with Crippen LogP contribution >= 0.6 is 11.6 Å². The van der Waals surface area contributed by atoms with Gasteiger partial charge in [-0.05, 0) is 63.4 Å². The first-order valence-corrected chi connectivity index (χ1v) is 10.8. The summed E-state index contributed by atoms with van der Waals surface area (Å²) >= 11 is 6.04. The summed E-state index contributed by atoms with van der Waals surface area (Å²) in [6.45, 7) is 9.24. The second-order valence-electron chi connectivity index (χ2n) is 7.72. The first kappa shape index (κ1) is 21.7. The van der Waals surface area contributed by atoms with Crippen LogP contribution in [-0.2, 0) is 9.53 Å². The molecule has 2 aliphatic rings. The molecule has 1 atom stereocenters. The van der Waals surface area contributed by atoms with Crippen LogP contribution < -0.4 is 5.32 Å². The van der Waals surface area contributed by atoms with E-state index in [2.05, 4.69) is 17.1 Å². The molecule has 29 heavy (non-hydrogen) atoms. The molecule has 1 saturated heterocycles. The Bertz CT molecular complexity index is 770. The van der Waals surface area contributed by atoms with Crippen molar-refractivity contribution in [2.24, 2.45) is 5.92 Å². The predicted octanol–water partition coefficient (Wildman–Crippen LogP) is 3.98. The Kier molecular flexibility index (Phi) is 7.19. The number of nitrogens with one attached hydrogen (secondary N) is 1. The van der Waals surface area contributed by atoms with Crippen LogP contribution in [-0.4, -0.2) is 54.6 Å². The fourth-order valence-corrected chi connectivity index (χ4v) is 4.12. The summed E-state index contributed by atoms with van der Waals surface area (Å²) in [7, 11) is 0. The van der Waals surface area contributed by atoms with E-state index in [1.807, 2.05) is 19.1 Å². The number of urea groups is 1. The molecule has 3 rings (SSSR count). The monoisotopic (exact) mass is 419 g/mol. The molecule has 1 N–H and O–H groups in total. The van der Waals surface area contributed by atoms with Crippen LogP contribution in [0.1, 0.15) is 45.2 Å². The highest BCUT2D eigenvalue weighted by Gasteiger charge is 2.38. The van der Waals surface area contributed by atoms with Gasteiger partial charge in [-0.1, -0.05) is 30.7 Å². The van der Waals surface area contributed by atoms with Crippen LogP contribution in [0, 0.1) is 5.92 Å². The zero-order valence-electron chi connectivity index (χ0n) is 17.4. The number of rotatable bonds is 6. The predicted molar refractivity (Wildman–Crippen MR) is 114 cm³/mol. The molecule has 158 valence electrons. The lowest BCUT2D eigenvalue weighted by Crippen LogP contribution is -2.51. The lowest BCUT2D eigenvalue weighted by molar-refractivity contribution is -0.139. The van der Waals surface area contributed by atoms with E-state index in [1.54, 1.807) is 24.0 Å². The van der Waals surface area contributed by atoms with Gasteiger partial charge < -0.3 is 10.1 Å². The van der Waals surface area contributed by atoms with Crippen molar-refractivity contribution in [3.05, 3.63) is 46.1 Å². The van der Waals surface area contributed by atoms with Crippen LogP contribution in [0.4, 0.5) is 4.79 Å². The first-order chi connectivity index (χ1) is 13.9. The summed E-state index contributed by atoms with van der Waals surface area (Å²) < 4.78 is 5.40. The Hall–Kier alpha value is -2.05. The lowest BCUT2D eigenvalue weighted by Gasteiger charge is -2.39. The van der Waals surface area contributed by atoms with Gasteiger partial charge in [-0.2, -0.15) is 0 Å². The standard InChI is InChI=1S/C22H30ClN3O3/c1-4-26-18(14-25-12-10-15(3)11-13-25)19(21(27)29-5-2)20(24-22(26)28)16-6-8-17(23)9-7-16/h6-9,15,20H,4-5,10-14H2,1-3H3,(H,24,28)/t20-/m0/s1. The number of benzene rings is 1. The maximum atomic E-state index is 13.0. The number of hydrogen-bond acceptors (Lipinski definition) is 4. The topological polar surface area (TPSA) is 61.9 Å². The van der Waals surface area contributed by atoms with Gasteiger partial charge in [-0.25, -0.2) is 9.59 Å². The molecule has 0 bridgehead atoms. The summed E-state index contributed by atoms with van der Waals surface area (Å²) in [6.07, 6.45) is 2.25. The highest BCUT2D eigenvalue weighted by molar-refractivity contribution is 6.30. The van der Waals surface area contributed by atoms with E-state index in [9.17, 15) is 9.59 Å². The fourth-order valence-electron chi connectivity index (χ4n) is 3.99. The van der Waals surface area contributed by atoms with Gasteiger partial charge in [0.2, 0.25) is 0 Å². The molecule has 2 aliphatic heterocycles. The lowest BCUT2D eigenvalue weighted by atomic mass is 9.93. The largest absolute Gasteiger partial charge is 0.463 e. The van der Waals surface area contributed by atoms with Gasteiger partial charge in [-0.15, -0.1) is 0 Å². The number of halogens is 1. The summed E-state index contributed by atoms with van der Waals surface area (Å²) in [5, 5.41) is 3.59. The molecule has 1 aromatic rings. The molecule has 2 heterocycles. The average molecular weight is 420 g/mol. The summed E-state index contributed by atoms with van der Waals surface area (Å²) in [6, 6.07) is 6.47. The van der Waals surface area contributed by atoms with Gasteiger partial charge in [0.1, 0.15) is 0 Å². The number of esters is 1. The van der Waals surface area contributed by atoms with E-state index < -0.39 is 6.04 Å². The Morgan fingerprint density at radius 1 is 1.21 bits per heavy atom. The zero-order chi connectivity index (χ0) is 21.0. The minimum Gasteiger partial charge on any atom is -0.463 e. The van der Waals surface area contributed by atoms with E-state index in [-0.39, 0.29) is 18.6 Å². The van der Waals surface area contributed by atoms with Crippen molar-refractivity contribution in [1.29, 1.82) is 0 Å². The molecule has 7 heteroatoms. The number of piperidine rings is 1. The maximum absolute atomic E-state index is 13.0. The van der Waals surface area contributed by atoms with Gasteiger partial charge in [0.15, 0.2) is 0 Å². The summed E-state index contributed by atoms with van der Waals surface area (Å²) in [5.74, 6) is 0.329. The highest BCUT2D eigenvalue weighted by atomic mass is 35.5. The number of carbonyl (C=O) groups is 2. The van der Waals surface area contributed by atoms with Crippen molar-refractivity contribution in [1.82, 2.24) is 15.1 Å². The van der Waals surface area contributed by atoms with Crippen molar-refractivity contribution >= 4 is 23.6 Å². The number of ether oxygens (including phenoxy) is 1. The molecular weight excluding hydrogens is 390 g/mol. The van der Waals surface area contributed by atoms with Gasteiger partial charge in [0.25, 0.3) is 0 Å². The van der Waals surface area contributed by atoms with Crippen molar-refractivity contribution in [3.63, 3.8) is 0 Å². The minimum atomic E-state index is -0.555.